The molecular weight excluding hydrogens is 418 g/mol. The van der Waals surface area contributed by atoms with Gasteiger partial charge in [0.2, 0.25) is 0 Å². The van der Waals surface area contributed by atoms with Crippen molar-refractivity contribution in [2.24, 2.45) is 5.11 Å². The average molecular weight is 450 g/mol. The largest absolute Gasteiger partial charge is 0.457 e. The van der Waals surface area contributed by atoms with E-state index in [4.69, 9.17) is 24.5 Å². The molecule has 1 saturated heterocycles. The number of unbranched alkanes of at least 4 members (excludes halogenated alkanes) is 2. The smallest absolute Gasteiger partial charge is 0.379 e. The molecule has 1 fully saturated rings. The van der Waals surface area contributed by atoms with Gasteiger partial charge in [-0.15, -0.1) is 0 Å². The Morgan fingerprint density at radius 3 is 2.31 bits per heavy atom. The Labute approximate surface area is 187 Å². The maximum Gasteiger partial charge on any atom is 0.379 e. The summed E-state index contributed by atoms with van der Waals surface area (Å²) in [5.41, 5.74) is 9.14. The Morgan fingerprint density at radius 1 is 1.09 bits per heavy atom. The highest BCUT2D eigenvalue weighted by Gasteiger charge is 2.47. The van der Waals surface area contributed by atoms with E-state index in [1.54, 1.807) is 18.2 Å². The lowest BCUT2D eigenvalue weighted by molar-refractivity contribution is -0.267. The van der Waals surface area contributed by atoms with Crippen LogP contribution < -0.4 is 0 Å². The summed E-state index contributed by atoms with van der Waals surface area (Å²) in [6.45, 7) is 4.44. The topological polar surface area (TPSA) is 140 Å². The van der Waals surface area contributed by atoms with Gasteiger partial charge < -0.3 is 24.1 Å². The lowest BCUT2D eigenvalue weighted by Crippen LogP contribution is -2.60. The molecule has 1 aliphatic rings. The van der Waals surface area contributed by atoms with Crippen LogP contribution in [0.3, 0.4) is 0 Å². The fourth-order valence-electron chi connectivity index (χ4n) is 3.28. The molecule has 0 bridgehead atoms. The molecule has 1 heterocycles. The first-order valence-corrected chi connectivity index (χ1v) is 10.9. The predicted molar refractivity (Wildman–Crippen MR) is 115 cm³/mol. The molecule has 1 aliphatic heterocycles. The predicted octanol–water partition coefficient (Wildman–Crippen LogP) is 3.18. The van der Waals surface area contributed by atoms with E-state index in [1.807, 2.05) is 13.8 Å². The maximum atomic E-state index is 12.3. The molecule has 32 heavy (non-hydrogen) atoms. The second-order valence-corrected chi connectivity index (χ2v) is 7.43. The summed E-state index contributed by atoms with van der Waals surface area (Å²) in [7, 11) is 0. The van der Waals surface area contributed by atoms with Crippen molar-refractivity contribution in [1.29, 1.82) is 0 Å². The number of hydrogen-bond donors (Lipinski definition) is 1. The second kappa shape index (κ2) is 13.8. The van der Waals surface area contributed by atoms with E-state index in [-0.39, 0.29) is 12.2 Å². The highest BCUT2D eigenvalue weighted by Crippen LogP contribution is 2.28. The van der Waals surface area contributed by atoms with Gasteiger partial charge in [-0.25, -0.2) is 4.79 Å². The summed E-state index contributed by atoms with van der Waals surface area (Å²) >= 11 is 0. The number of benzene rings is 1. The van der Waals surface area contributed by atoms with Crippen molar-refractivity contribution in [3.63, 3.8) is 0 Å². The van der Waals surface area contributed by atoms with Crippen LogP contribution in [-0.2, 0) is 23.7 Å². The van der Waals surface area contributed by atoms with Gasteiger partial charge in [-0.05, 0) is 18.4 Å². The van der Waals surface area contributed by atoms with E-state index in [2.05, 4.69) is 10.0 Å². The van der Waals surface area contributed by atoms with Crippen LogP contribution in [0.2, 0.25) is 0 Å². The maximum absolute atomic E-state index is 12.3. The monoisotopic (exact) mass is 449 g/mol. The van der Waals surface area contributed by atoms with Crippen molar-refractivity contribution in [2.75, 3.05) is 19.8 Å². The zero-order chi connectivity index (χ0) is 23.3. The zero-order valence-corrected chi connectivity index (χ0v) is 18.5. The number of rotatable bonds is 13. The molecule has 176 valence electrons. The number of ether oxygens (including phenoxy) is 4. The lowest BCUT2D eigenvalue weighted by Gasteiger charge is -2.43. The van der Waals surface area contributed by atoms with Gasteiger partial charge in [-0.3, -0.25) is 4.79 Å². The van der Waals surface area contributed by atoms with Crippen LogP contribution in [0.1, 0.15) is 49.9 Å². The average Bonchev–Trinajstić information content (AvgIpc) is 2.81. The third kappa shape index (κ3) is 7.29. The molecule has 0 radical (unpaired) electrons. The highest BCUT2D eigenvalue weighted by molar-refractivity contribution is 6.40. The number of hydrogen-bond acceptors (Lipinski definition) is 8. The van der Waals surface area contributed by atoms with Crippen LogP contribution in [0.15, 0.2) is 35.4 Å². The summed E-state index contributed by atoms with van der Waals surface area (Å²) in [4.78, 5) is 27.3. The van der Waals surface area contributed by atoms with Gasteiger partial charge >= 0.3 is 5.97 Å². The minimum absolute atomic E-state index is 0.210. The fraction of sp³-hybridized carbons (Fsp3) is 0.636. The van der Waals surface area contributed by atoms with Gasteiger partial charge in [0.15, 0.2) is 6.29 Å². The molecule has 0 spiro atoms. The zero-order valence-electron chi connectivity index (χ0n) is 18.5. The SMILES string of the molecule is CCCCOC1[C@H](N=[N+]=[N-])C(O)OC(COC(=O)C(=O)c2ccccc2)[C@H]1OCCCC. The fourth-order valence-corrected chi connectivity index (χ4v) is 3.28. The first-order valence-electron chi connectivity index (χ1n) is 10.9. The molecule has 0 aliphatic carbocycles. The van der Waals surface area contributed by atoms with E-state index in [0.29, 0.717) is 13.2 Å². The van der Waals surface area contributed by atoms with Gasteiger partial charge in [0.05, 0.1) is 6.10 Å². The van der Waals surface area contributed by atoms with Crippen molar-refractivity contribution >= 4 is 11.8 Å². The van der Waals surface area contributed by atoms with Gasteiger partial charge in [0.1, 0.15) is 24.9 Å². The van der Waals surface area contributed by atoms with Crippen molar-refractivity contribution < 1.29 is 33.6 Å². The second-order valence-electron chi connectivity index (χ2n) is 7.43. The molecule has 2 rings (SSSR count). The molecule has 5 atom stereocenters. The molecule has 0 amide bonds. The molecule has 0 aromatic heterocycles. The van der Waals surface area contributed by atoms with Gasteiger partial charge in [-0.2, -0.15) is 0 Å². The van der Waals surface area contributed by atoms with Crippen LogP contribution >= 0.6 is 0 Å². The number of esters is 1. The summed E-state index contributed by atoms with van der Waals surface area (Å²) in [6.07, 6.45) is -0.633. The Balaban J connectivity index is 2.14. The molecule has 0 saturated carbocycles. The Bertz CT molecular complexity index is 770. The number of carbonyl (C=O) groups excluding carboxylic acids is 2. The molecular formula is C22H31N3O7. The Kier molecular flexibility index (Phi) is 11.1. The van der Waals surface area contributed by atoms with Gasteiger partial charge in [0, 0.05) is 23.7 Å². The summed E-state index contributed by atoms with van der Waals surface area (Å²) in [5.74, 6) is -1.82. The number of aliphatic hydroxyl groups excluding tert-OH is 1. The Hall–Kier alpha value is -2.49. The highest BCUT2D eigenvalue weighted by atomic mass is 16.7. The van der Waals surface area contributed by atoms with Gasteiger partial charge in [0.25, 0.3) is 5.78 Å². The normalized spacial score (nSPS) is 25.0. The lowest BCUT2D eigenvalue weighted by atomic mass is 9.97. The molecule has 10 heteroatoms. The Morgan fingerprint density at radius 2 is 1.72 bits per heavy atom. The van der Waals surface area contributed by atoms with E-state index in [0.717, 1.165) is 25.7 Å². The van der Waals surface area contributed by atoms with Crippen LogP contribution in [0, 0.1) is 0 Å². The van der Waals surface area contributed by atoms with Crippen molar-refractivity contribution in [2.45, 2.75) is 70.2 Å². The van der Waals surface area contributed by atoms with Crippen LogP contribution in [-0.4, -0.2) is 67.3 Å². The summed E-state index contributed by atoms with van der Waals surface area (Å²) in [6, 6.07) is 7.03. The van der Waals surface area contributed by atoms with E-state index >= 15 is 0 Å². The van der Waals surface area contributed by atoms with Crippen LogP contribution in [0.4, 0.5) is 0 Å². The van der Waals surface area contributed by atoms with Crippen molar-refractivity contribution in [3.05, 3.63) is 46.3 Å². The van der Waals surface area contributed by atoms with Crippen LogP contribution in [0.25, 0.3) is 10.4 Å². The number of aliphatic hydroxyl groups is 1. The number of azide groups is 1. The first kappa shape index (κ1) is 25.8. The molecule has 1 aromatic carbocycles. The number of carbonyl (C=O) groups is 2. The summed E-state index contributed by atoms with van der Waals surface area (Å²) < 4.78 is 22.6. The van der Waals surface area contributed by atoms with Crippen molar-refractivity contribution in [1.82, 2.24) is 0 Å². The van der Waals surface area contributed by atoms with E-state index in [9.17, 15) is 14.7 Å². The standard InChI is InChI=1S/C22H31N3O7/c1-3-5-12-29-19-16(14-31-22(28)18(26)15-10-8-7-9-11-15)32-21(27)17(24-25-23)20(19)30-13-6-4-2/h7-11,16-17,19-21,27H,3-6,12-14H2,1-2H3/t16?,17-,19+,20?,21?/m0/s1. The minimum Gasteiger partial charge on any atom is -0.457 e. The molecule has 3 unspecified atom stereocenters. The van der Waals surface area contributed by atoms with Crippen LogP contribution in [0.5, 0.6) is 0 Å². The molecule has 1 aromatic rings. The van der Waals surface area contributed by atoms with E-state index < -0.39 is 42.4 Å². The number of Topliss-reactive ketones (excluding diaryl/α,β-unsaturated/α-hetero) is 1. The van der Waals surface area contributed by atoms with Gasteiger partial charge in [-0.1, -0.05) is 62.1 Å². The third-order valence-electron chi connectivity index (χ3n) is 5.03. The number of ketones is 1. The van der Waals surface area contributed by atoms with E-state index in [1.165, 1.54) is 12.1 Å². The third-order valence-corrected chi connectivity index (χ3v) is 5.03. The minimum atomic E-state index is -1.47. The summed E-state index contributed by atoms with van der Waals surface area (Å²) in [5, 5.41) is 14.0. The van der Waals surface area contributed by atoms with Crippen molar-refractivity contribution in [3.8, 4) is 0 Å². The quantitative estimate of drug-likeness (QED) is 0.0927. The molecule has 1 N–H and O–H groups in total. The number of nitrogens with zero attached hydrogens (tertiary/aromatic N) is 3. The first-order chi connectivity index (χ1) is 15.5. The molecule has 10 nitrogen and oxygen atoms in total.